The number of azide groups is 1. The number of nitrogens with zero attached hydrogens (tertiary/aromatic N) is 3. The fraction of sp³-hybridized carbons (Fsp3) is 0.479. The molecule has 0 spiro atoms. The van der Waals surface area contributed by atoms with Crippen molar-refractivity contribution in [3.05, 3.63) is 154 Å². The first-order chi connectivity index (χ1) is 29.9. The number of benzene rings is 4. The molecule has 6 rings (SSSR count). The molecule has 2 aliphatic heterocycles. The lowest BCUT2D eigenvalue weighted by molar-refractivity contribution is -0.375. The quantitative estimate of drug-likeness (QED) is 0.0233. The van der Waals surface area contributed by atoms with Gasteiger partial charge in [-0.05, 0) is 54.5 Å². The van der Waals surface area contributed by atoms with Crippen LogP contribution in [0.3, 0.4) is 0 Å². The van der Waals surface area contributed by atoms with Gasteiger partial charge in [-0.1, -0.05) is 139 Å². The lowest BCUT2D eigenvalue weighted by Crippen LogP contribution is -2.65. The molecule has 61 heavy (non-hydrogen) atoms. The van der Waals surface area contributed by atoms with Gasteiger partial charge in [-0.25, -0.2) is 0 Å². The maximum absolute atomic E-state index is 12.9. The monoisotopic (exact) mass is 837 g/mol. The van der Waals surface area contributed by atoms with E-state index in [1.165, 1.54) is 6.92 Å². The topological polar surface area (TPSA) is 149 Å². The van der Waals surface area contributed by atoms with Gasteiger partial charge in [0.1, 0.15) is 30.5 Å². The van der Waals surface area contributed by atoms with Crippen molar-refractivity contribution in [1.29, 1.82) is 0 Å². The summed E-state index contributed by atoms with van der Waals surface area (Å²) >= 11 is 0. The highest BCUT2D eigenvalue weighted by Crippen LogP contribution is 2.36. The maximum atomic E-state index is 12.9. The summed E-state index contributed by atoms with van der Waals surface area (Å²) in [5.41, 5.74) is 12.5. The Bertz CT molecular complexity index is 1890. The van der Waals surface area contributed by atoms with Crippen LogP contribution in [0.5, 0.6) is 0 Å². The van der Waals surface area contributed by atoms with Gasteiger partial charge in [-0.2, -0.15) is 0 Å². The molecule has 2 fully saturated rings. The molecule has 0 aromatic heterocycles. The van der Waals surface area contributed by atoms with Crippen LogP contribution in [0.2, 0.25) is 0 Å². The third-order valence-corrected chi connectivity index (χ3v) is 10.7. The number of hydrogen-bond donors (Lipinski definition) is 0. The molecule has 4 aromatic carbocycles. The number of carbonyl (C=O) groups is 1. The SMILES string of the molecule is CC(=O)O[C@@H]1[C@@H](OCc2ccccc2)[C@H](C)O[C@@H](O[C@H]2[C@H](OCCCCCCN=[N+]=[N-])O[C@@H](C)[C@H](OCc3ccccc3)[C@H]2OCc2ccccc2)[C@@H]1OCc1ccccc1. The molecule has 2 aliphatic rings. The number of rotatable bonds is 23. The van der Waals surface area contributed by atoms with E-state index in [0.29, 0.717) is 19.8 Å². The third-order valence-electron chi connectivity index (χ3n) is 10.7. The van der Waals surface area contributed by atoms with Crippen molar-refractivity contribution in [2.24, 2.45) is 5.11 Å². The summed E-state index contributed by atoms with van der Waals surface area (Å²) < 4.78 is 59.9. The number of unbranched alkanes of at least 4 members (excludes halogenated alkanes) is 3. The molecule has 0 unspecified atom stereocenters. The first kappa shape index (κ1) is 45.9. The molecule has 0 radical (unpaired) electrons. The van der Waals surface area contributed by atoms with Crippen LogP contribution >= 0.6 is 0 Å². The molecule has 13 nitrogen and oxygen atoms in total. The van der Waals surface area contributed by atoms with E-state index in [9.17, 15) is 4.79 Å². The lowest BCUT2D eigenvalue weighted by Gasteiger charge is -2.49. The predicted octanol–water partition coefficient (Wildman–Crippen LogP) is 9.02. The Balaban J connectivity index is 1.32. The van der Waals surface area contributed by atoms with Crippen molar-refractivity contribution >= 4 is 5.97 Å². The summed E-state index contributed by atoms with van der Waals surface area (Å²) in [5.74, 6) is -0.492. The standard InChI is InChI=1S/C48H59N3O10/c1-34-41(54-30-37-20-10-6-11-21-37)43(56-32-39-24-14-8-15-25-39)46(47(58-34)53-29-19-5-4-18-28-50-51-49)61-48-45(57-33-40-26-16-9-17-27-40)44(60-36(3)52)42(35(2)59-48)55-31-38-22-12-7-13-23-38/h6-17,20-27,34-35,41-48H,4-5,18-19,28-33H2,1-3H3/t34-,35-,41-,42-,43+,44+,45+,46+,47+,48-/m0/s1. The zero-order valence-corrected chi connectivity index (χ0v) is 35.3. The molecule has 13 heteroatoms. The Labute approximate surface area is 359 Å². The minimum atomic E-state index is -1.09. The van der Waals surface area contributed by atoms with Crippen molar-refractivity contribution in [3.63, 3.8) is 0 Å². The van der Waals surface area contributed by atoms with E-state index in [1.807, 2.05) is 135 Å². The third kappa shape index (κ3) is 14.2. The summed E-state index contributed by atoms with van der Waals surface area (Å²) in [6.45, 7) is 7.06. The molecule has 0 amide bonds. The Morgan fingerprint density at radius 1 is 0.541 bits per heavy atom. The largest absolute Gasteiger partial charge is 0.457 e. The van der Waals surface area contributed by atoms with E-state index in [4.69, 9.17) is 48.2 Å². The first-order valence-corrected chi connectivity index (χ1v) is 21.3. The zero-order chi connectivity index (χ0) is 42.7. The summed E-state index contributed by atoms with van der Waals surface area (Å²) in [6.07, 6.45) is -4.52. The highest BCUT2D eigenvalue weighted by Gasteiger charge is 2.54. The average Bonchev–Trinajstić information content (AvgIpc) is 3.28. The fourth-order valence-electron chi connectivity index (χ4n) is 7.59. The highest BCUT2D eigenvalue weighted by atomic mass is 16.8. The highest BCUT2D eigenvalue weighted by molar-refractivity contribution is 5.66. The number of hydrogen-bond acceptors (Lipinski definition) is 11. The van der Waals surface area contributed by atoms with E-state index in [0.717, 1.165) is 47.9 Å². The van der Waals surface area contributed by atoms with Crippen molar-refractivity contribution in [1.82, 2.24) is 0 Å². The molecule has 2 heterocycles. The zero-order valence-electron chi connectivity index (χ0n) is 35.3. The first-order valence-electron chi connectivity index (χ1n) is 21.3. The van der Waals surface area contributed by atoms with Crippen molar-refractivity contribution in [2.75, 3.05) is 13.2 Å². The van der Waals surface area contributed by atoms with E-state index in [1.54, 1.807) is 0 Å². The van der Waals surface area contributed by atoms with Gasteiger partial charge >= 0.3 is 5.97 Å². The fourth-order valence-corrected chi connectivity index (χ4v) is 7.59. The number of esters is 1. The Hall–Kier alpha value is -4.66. The van der Waals surface area contributed by atoms with Crippen LogP contribution < -0.4 is 0 Å². The van der Waals surface area contributed by atoms with Gasteiger partial charge in [0.2, 0.25) is 0 Å². The van der Waals surface area contributed by atoms with Crippen LogP contribution in [-0.4, -0.2) is 80.5 Å². The second-order valence-electron chi connectivity index (χ2n) is 15.4. The van der Waals surface area contributed by atoms with Crippen LogP contribution in [0.4, 0.5) is 0 Å². The van der Waals surface area contributed by atoms with Crippen molar-refractivity contribution < 1.29 is 47.4 Å². The summed E-state index contributed by atoms with van der Waals surface area (Å²) in [5, 5.41) is 3.65. The van der Waals surface area contributed by atoms with Crippen LogP contribution in [-0.2, 0) is 73.9 Å². The molecule has 326 valence electrons. The van der Waals surface area contributed by atoms with E-state index in [-0.39, 0.29) is 19.8 Å². The van der Waals surface area contributed by atoms with E-state index >= 15 is 0 Å². The average molecular weight is 838 g/mol. The van der Waals surface area contributed by atoms with Crippen LogP contribution in [0.25, 0.3) is 10.4 Å². The molecule has 10 atom stereocenters. The van der Waals surface area contributed by atoms with E-state index < -0.39 is 67.4 Å². The summed E-state index contributed by atoms with van der Waals surface area (Å²) in [7, 11) is 0. The molecule has 2 saturated heterocycles. The van der Waals surface area contributed by atoms with Gasteiger partial charge in [0, 0.05) is 25.0 Å². The van der Waals surface area contributed by atoms with Crippen LogP contribution in [0, 0.1) is 0 Å². The van der Waals surface area contributed by atoms with Gasteiger partial charge in [-0.15, -0.1) is 0 Å². The van der Waals surface area contributed by atoms with Gasteiger partial charge < -0.3 is 42.6 Å². The lowest BCUT2D eigenvalue weighted by atomic mass is 9.96. The van der Waals surface area contributed by atoms with Crippen molar-refractivity contribution in [3.8, 4) is 0 Å². The van der Waals surface area contributed by atoms with Crippen LogP contribution in [0.15, 0.2) is 126 Å². The Morgan fingerprint density at radius 2 is 0.967 bits per heavy atom. The van der Waals surface area contributed by atoms with E-state index in [2.05, 4.69) is 10.0 Å². The Kier molecular flexibility index (Phi) is 18.6. The van der Waals surface area contributed by atoms with Crippen LogP contribution in [0.1, 0.15) is 68.7 Å². The van der Waals surface area contributed by atoms with Crippen molar-refractivity contribution in [2.45, 2.75) is 134 Å². The maximum Gasteiger partial charge on any atom is 0.303 e. The van der Waals surface area contributed by atoms with Gasteiger partial charge in [0.05, 0.1) is 38.6 Å². The molecule has 4 aromatic rings. The van der Waals surface area contributed by atoms with Gasteiger partial charge in [0.25, 0.3) is 0 Å². The summed E-state index contributed by atoms with van der Waals surface area (Å²) in [4.78, 5) is 15.7. The predicted molar refractivity (Wildman–Crippen MR) is 228 cm³/mol. The normalized spacial score (nSPS) is 26.3. The molecule has 0 saturated carbocycles. The minimum Gasteiger partial charge on any atom is -0.457 e. The summed E-state index contributed by atoms with van der Waals surface area (Å²) in [6, 6.07) is 39.4. The van der Waals surface area contributed by atoms with Gasteiger partial charge in [-0.3, -0.25) is 4.79 Å². The van der Waals surface area contributed by atoms with Gasteiger partial charge in [0.15, 0.2) is 18.7 Å². The molecule has 0 bridgehead atoms. The second kappa shape index (κ2) is 24.7. The smallest absolute Gasteiger partial charge is 0.303 e. The molecule has 0 aliphatic carbocycles. The second-order valence-corrected chi connectivity index (χ2v) is 15.4. The number of carbonyl (C=O) groups excluding carboxylic acids is 1. The minimum absolute atomic E-state index is 0.181. The molecule has 0 N–H and O–H groups in total. The Morgan fingerprint density at radius 3 is 1.44 bits per heavy atom. The molecular weight excluding hydrogens is 779 g/mol. The number of ether oxygens (including phenoxy) is 9. The molecular formula is C48H59N3O10.